The van der Waals surface area contributed by atoms with Crippen molar-refractivity contribution in [2.24, 2.45) is 5.92 Å². The Hall–Kier alpha value is -2.24. The molecule has 1 aromatic rings. The molecule has 0 spiro atoms. The maximum absolute atomic E-state index is 12.2. The Bertz CT molecular complexity index is 745. The first-order chi connectivity index (χ1) is 11.8. The van der Waals surface area contributed by atoms with Crippen molar-refractivity contribution in [2.45, 2.75) is 11.3 Å². The number of sulfonamides is 1. The number of ether oxygens (including phenoxy) is 2. The number of carbonyl (C=O) groups excluding carboxylic acids is 1. The molecule has 0 amide bonds. The van der Waals surface area contributed by atoms with Gasteiger partial charge in [-0.3, -0.25) is 14.9 Å². The van der Waals surface area contributed by atoms with Crippen LogP contribution in [0.2, 0.25) is 0 Å². The summed E-state index contributed by atoms with van der Waals surface area (Å²) in [6.45, 7) is 0.747. The van der Waals surface area contributed by atoms with Crippen LogP contribution in [-0.2, 0) is 24.3 Å². The molecule has 1 aromatic carbocycles. The third kappa shape index (κ3) is 5.11. The van der Waals surface area contributed by atoms with Crippen LogP contribution in [0.15, 0.2) is 23.1 Å². The van der Waals surface area contributed by atoms with Crippen LogP contribution in [-0.4, -0.2) is 52.7 Å². The second kappa shape index (κ2) is 8.23. The molecule has 1 atom stereocenters. The standard InChI is InChI=1S/C14H19N3O7S/c1-15-12-3-2-11(6-13(12)17(19)20)25(21,22)16-7-14(18)24-9-10-4-5-23-8-10/h2-3,6,10,15-16H,4-5,7-9H2,1H3/t10-/m1/s1. The lowest BCUT2D eigenvalue weighted by Gasteiger charge is -2.10. The molecule has 11 heteroatoms. The van der Waals surface area contributed by atoms with E-state index in [0.29, 0.717) is 13.2 Å². The van der Waals surface area contributed by atoms with Gasteiger partial charge in [0.1, 0.15) is 12.2 Å². The Balaban J connectivity index is 1.97. The number of anilines is 1. The number of benzene rings is 1. The molecule has 138 valence electrons. The molecule has 10 nitrogen and oxygen atoms in total. The van der Waals surface area contributed by atoms with Crippen LogP contribution in [0.3, 0.4) is 0 Å². The fourth-order valence-corrected chi connectivity index (χ4v) is 3.24. The van der Waals surface area contributed by atoms with Crippen LogP contribution in [0.25, 0.3) is 0 Å². The largest absolute Gasteiger partial charge is 0.464 e. The predicted molar refractivity (Wildman–Crippen MR) is 87.7 cm³/mol. The van der Waals surface area contributed by atoms with Crippen LogP contribution < -0.4 is 10.0 Å². The molecule has 1 aliphatic heterocycles. The van der Waals surface area contributed by atoms with E-state index >= 15 is 0 Å². The molecule has 0 saturated carbocycles. The number of rotatable bonds is 8. The van der Waals surface area contributed by atoms with Gasteiger partial charge in [-0.25, -0.2) is 8.42 Å². The highest BCUT2D eigenvalue weighted by Crippen LogP contribution is 2.26. The molecule has 0 aromatic heterocycles. The van der Waals surface area contributed by atoms with Gasteiger partial charge in [-0.05, 0) is 18.6 Å². The number of nitro benzene ring substituents is 1. The first-order valence-electron chi connectivity index (χ1n) is 7.52. The lowest BCUT2D eigenvalue weighted by Crippen LogP contribution is -2.31. The van der Waals surface area contributed by atoms with Gasteiger partial charge in [0.15, 0.2) is 0 Å². The summed E-state index contributed by atoms with van der Waals surface area (Å²) in [7, 11) is -2.60. The number of esters is 1. The van der Waals surface area contributed by atoms with Gasteiger partial charge in [0.25, 0.3) is 5.69 Å². The monoisotopic (exact) mass is 373 g/mol. The molecule has 0 radical (unpaired) electrons. The Morgan fingerprint density at radius 2 is 2.24 bits per heavy atom. The van der Waals surface area contributed by atoms with Gasteiger partial charge in [0.2, 0.25) is 10.0 Å². The molecule has 1 aliphatic rings. The molecule has 2 rings (SSSR count). The number of nitrogens with zero attached hydrogens (tertiary/aromatic N) is 1. The van der Waals surface area contributed by atoms with Crippen molar-refractivity contribution >= 4 is 27.4 Å². The predicted octanol–water partition coefficient (Wildman–Crippen LogP) is 0.495. The number of nitro groups is 1. The van der Waals surface area contributed by atoms with E-state index in [1.807, 2.05) is 0 Å². The van der Waals surface area contributed by atoms with E-state index in [4.69, 9.17) is 9.47 Å². The fraction of sp³-hybridized carbons (Fsp3) is 0.500. The van der Waals surface area contributed by atoms with Crippen molar-refractivity contribution < 1.29 is 27.6 Å². The van der Waals surface area contributed by atoms with Gasteiger partial charge >= 0.3 is 5.97 Å². The van der Waals surface area contributed by atoms with E-state index in [2.05, 4.69) is 10.0 Å². The third-order valence-electron chi connectivity index (χ3n) is 3.66. The highest BCUT2D eigenvalue weighted by molar-refractivity contribution is 7.89. The smallest absolute Gasteiger partial charge is 0.321 e. The molecule has 1 saturated heterocycles. The highest BCUT2D eigenvalue weighted by Gasteiger charge is 2.22. The van der Waals surface area contributed by atoms with Gasteiger partial charge in [0, 0.05) is 25.6 Å². The quantitative estimate of drug-likeness (QED) is 0.382. The topological polar surface area (TPSA) is 137 Å². The minimum Gasteiger partial charge on any atom is -0.464 e. The van der Waals surface area contributed by atoms with Crippen molar-refractivity contribution in [1.29, 1.82) is 0 Å². The summed E-state index contributed by atoms with van der Waals surface area (Å²) in [6, 6.07) is 3.42. The summed E-state index contributed by atoms with van der Waals surface area (Å²) in [5.74, 6) is -0.603. The van der Waals surface area contributed by atoms with Crippen molar-refractivity contribution in [2.75, 3.05) is 38.7 Å². The number of hydrogen-bond acceptors (Lipinski definition) is 8. The molecule has 0 bridgehead atoms. The van der Waals surface area contributed by atoms with E-state index in [9.17, 15) is 23.3 Å². The van der Waals surface area contributed by atoms with Gasteiger partial charge in [-0.1, -0.05) is 0 Å². The second-order valence-electron chi connectivity index (χ2n) is 5.42. The van der Waals surface area contributed by atoms with Gasteiger partial charge in [-0.15, -0.1) is 0 Å². The van der Waals surface area contributed by atoms with Gasteiger partial charge < -0.3 is 14.8 Å². The SMILES string of the molecule is CNc1ccc(S(=O)(=O)NCC(=O)OC[C@@H]2CCOC2)cc1[N+](=O)[O-]. The van der Waals surface area contributed by atoms with E-state index in [1.165, 1.54) is 19.2 Å². The van der Waals surface area contributed by atoms with Gasteiger partial charge in [0.05, 0.1) is 23.0 Å². The van der Waals surface area contributed by atoms with E-state index < -0.39 is 27.5 Å². The third-order valence-corrected chi connectivity index (χ3v) is 5.05. The minimum absolute atomic E-state index is 0.122. The molecular weight excluding hydrogens is 354 g/mol. The van der Waals surface area contributed by atoms with E-state index in [0.717, 1.165) is 12.5 Å². The normalized spacial score (nSPS) is 17.2. The molecule has 0 unspecified atom stereocenters. The first-order valence-corrected chi connectivity index (χ1v) is 9.01. The molecular formula is C14H19N3O7S. The summed E-state index contributed by atoms with van der Waals surface area (Å²) >= 11 is 0. The average Bonchev–Trinajstić information content (AvgIpc) is 3.11. The Morgan fingerprint density at radius 3 is 2.84 bits per heavy atom. The minimum atomic E-state index is -4.08. The van der Waals surface area contributed by atoms with Crippen molar-refractivity contribution in [1.82, 2.24) is 4.72 Å². The summed E-state index contributed by atoms with van der Waals surface area (Å²) < 4.78 is 36.6. The molecule has 1 heterocycles. The second-order valence-corrected chi connectivity index (χ2v) is 7.19. The van der Waals surface area contributed by atoms with E-state index in [-0.39, 0.29) is 28.8 Å². The average molecular weight is 373 g/mol. The number of hydrogen-bond donors (Lipinski definition) is 2. The van der Waals surface area contributed by atoms with Crippen LogP contribution in [0.5, 0.6) is 0 Å². The van der Waals surface area contributed by atoms with Gasteiger partial charge in [-0.2, -0.15) is 4.72 Å². The molecule has 25 heavy (non-hydrogen) atoms. The maximum atomic E-state index is 12.2. The van der Waals surface area contributed by atoms with E-state index in [1.54, 1.807) is 0 Å². The summed E-state index contributed by atoms with van der Waals surface area (Å²) in [5.41, 5.74) is -0.198. The highest BCUT2D eigenvalue weighted by atomic mass is 32.2. The van der Waals surface area contributed by atoms with Crippen LogP contribution in [0, 0.1) is 16.0 Å². The molecule has 0 aliphatic carbocycles. The first kappa shape index (κ1) is 19.1. The van der Waals surface area contributed by atoms with Crippen molar-refractivity contribution in [3.63, 3.8) is 0 Å². The lowest BCUT2D eigenvalue weighted by atomic mass is 10.1. The Labute approximate surface area is 144 Å². The van der Waals surface area contributed by atoms with Crippen molar-refractivity contribution in [3.05, 3.63) is 28.3 Å². The van der Waals surface area contributed by atoms with Crippen molar-refractivity contribution in [3.8, 4) is 0 Å². The summed E-state index contributed by atoms with van der Waals surface area (Å²) in [4.78, 5) is 21.6. The number of carbonyl (C=O) groups is 1. The Kier molecular flexibility index (Phi) is 6.28. The number of nitrogens with one attached hydrogen (secondary N) is 2. The zero-order chi connectivity index (χ0) is 18.4. The fourth-order valence-electron chi connectivity index (χ4n) is 2.25. The zero-order valence-corrected chi connectivity index (χ0v) is 14.4. The molecule has 2 N–H and O–H groups in total. The van der Waals surface area contributed by atoms with Crippen LogP contribution in [0.1, 0.15) is 6.42 Å². The summed E-state index contributed by atoms with van der Waals surface area (Å²) in [5, 5.41) is 13.6. The summed E-state index contributed by atoms with van der Waals surface area (Å²) in [6.07, 6.45) is 0.792. The van der Waals surface area contributed by atoms with Crippen LogP contribution in [0.4, 0.5) is 11.4 Å². The Morgan fingerprint density at radius 1 is 1.48 bits per heavy atom. The maximum Gasteiger partial charge on any atom is 0.321 e. The zero-order valence-electron chi connectivity index (χ0n) is 13.6. The molecule has 1 fully saturated rings. The lowest BCUT2D eigenvalue weighted by molar-refractivity contribution is -0.384. The van der Waals surface area contributed by atoms with Crippen LogP contribution >= 0.6 is 0 Å².